The fourth-order valence-corrected chi connectivity index (χ4v) is 1.83. The molecule has 15 heavy (non-hydrogen) atoms. The molecule has 0 spiro atoms. The normalized spacial score (nSPS) is 12.8. The molecule has 0 heterocycles. The van der Waals surface area contributed by atoms with Gasteiger partial charge in [0.2, 0.25) is 0 Å². The number of rotatable bonds is 5. The Morgan fingerprint density at radius 3 is 2.80 bits per heavy atom. The molecule has 0 aromatic heterocycles. The van der Waals surface area contributed by atoms with Crippen molar-refractivity contribution in [3.8, 4) is 0 Å². The number of methoxy groups -OCH3 is 1. The molecule has 0 bridgehead atoms. The molecule has 0 aliphatic heterocycles. The second-order valence-electron chi connectivity index (χ2n) is 3.29. The molecular formula is C11H13Cl2FO. The van der Waals surface area contributed by atoms with Crippen LogP contribution in [0.4, 0.5) is 4.39 Å². The van der Waals surface area contributed by atoms with Crippen LogP contribution >= 0.6 is 23.2 Å². The van der Waals surface area contributed by atoms with E-state index in [9.17, 15) is 4.39 Å². The molecule has 1 atom stereocenters. The maximum Gasteiger partial charge on any atom is 0.127 e. The van der Waals surface area contributed by atoms with Crippen LogP contribution in [0, 0.1) is 5.82 Å². The molecule has 1 rings (SSSR count). The summed E-state index contributed by atoms with van der Waals surface area (Å²) in [6.07, 6.45) is 1.18. The molecule has 0 N–H and O–H groups in total. The number of benzene rings is 1. The van der Waals surface area contributed by atoms with Crippen molar-refractivity contribution in [3.63, 3.8) is 0 Å². The number of hydrogen-bond acceptors (Lipinski definition) is 1. The molecule has 0 aliphatic rings. The first-order valence-electron chi connectivity index (χ1n) is 4.71. The Kier molecular flexibility index (Phi) is 5.37. The largest absolute Gasteiger partial charge is 0.383 e. The highest BCUT2D eigenvalue weighted by Crippen LogP contribution is 2.21. The van der Waals surface area contributed by atoms with E-state index in [-0.39, 0.29) is 11.2 Å². The lowest BCUT2D eigenvalue weighted by molar-refractivity contribution is 0.195. The van der Waals surface area contributed by atoms with Crippen molar-refractivity contribution < 1.29 is 9.13 Å². The van der Waals surface area contributed by atoms with Gasteiger partial charge in [-0.25, -0.2) is 4.39 Å². The van der Waals surface area contributed by atoms with Crippen molar-refractivity contribution in [2.45, 2.75) is 18.2 Å². The fraction of sp³-hybridized carbons (Fsp3) is 0.455. The third kappa shape index (κ3) is 3.98. The third-order valence-corrected chi connectivity index (χ3v) is 2.82. The Hall–Kier alpha value is -0.310. The first kappa shape index (κ1) is 12.8. The Balaban J connectivity index is 2.57. The van der Waals surface area contributed by atoms with Crippen molar-refractivity contribution in [1.29, 1.82) is 0 Å². The summed E-state index contributed by atoms with van der Waals surface area (Å²) in [5.41, 5.74) is 0.529. The summed E-state index contributed by atoms with van der Waals surface area (Å²) in [5.74, 6) is -0.274. The van der Waals surface area contributed by atoms with Gasteiger partial charge in [-0.15, -0.1) is 11.6 Å². The van der Waals surface area contributed by atoms with E-state index < -0.39 is 0 Å². The van der Waals surface area contributed by atoms with Gasteiger partial charge in [0.15, 0.2) is 0 Å². The van der Waals surface area contributed by atoms with E-state index >= 15 is 0 Å². The molecule has 1 aromatic rings. The van der Waals surface area contributed by atoms with Crippen LogP contribution in [0.15, 0.2) is 18.2 Å². The summed E-state index contributed by atoms with van der Waals surface area (Å²) >= 11 is 11.8. The van der Waals surface area contributed by atoms with Crippen LogP contribution in [0.2, 0.25) is 5.02 Å². The zero-order valence-corrected chi connectivity index (χ0v) is 9.98. The zero-order valence-electron chi connectivity index (χ0n) is 8.47. The summed E-state index contributed by atoms with van der Waals surface area (Å²) in [5, 5.41) is 0.349. The van der Waals surface area contributed by atoms with Crippen LogP contribution in [-0.2, 0) is 11.2 Å². The van der Waals surface area contributed by atoms with E-state index in [0.29, 0.717) is 30.0 Å². The van der Waals surface area contributed by atoms with Crippen molar-refractivity contribution in [2.24, 2.45) is 0 Å². The Morgan fingerprint density at radius 1 is 1.47 bits per heavy atom. The minimum absolute atomic E-state index is 0.106. The average Bonchev–Trinajstić information content (AvgIpc) is 2.17. The highest BCUT2D eigenvalue weighted by Gasteiger charge is 2.10. The van der Waals surface area contributed by atoms with Gasteiger partial charge in [0.1, 0.15) is 5.82 Å². The zero-order chi connectivity index (χ0) is 11.3. The summed E-state index contributed by atoms with van der Waals surface area (Å²) in [4.78, 5) is 0. The van der Waals surface area contributed by atoms with Gasteiger partial charge in [0.05, 0.1) is 12.0 Å². The first-order chi connectivity index (χ1) is 7.15. The number of alkyl halides is 1. The Bertz CT molecular complexity index is 297. The Labute approximate surface area is 99.1 Å². The highest BCUT2D eigenvalue weighted by atomic mass is 35.5. The molecule has 84 valence electrons. The van der Waals surface area contributed by atoms with Crippen molar-refractivity contribution in [3.05, 3.63) is 34.6 Å². The molecule has 1 nitrogen and oxygen atoms in total. The van der Waals surface area contributed by atoms with Gasteiger partial charge in [-0.05, 0) is 25.0 Å². The van der Waals surface area contributed by atoms with E-state index in [0.717, 1.165) is 0 Å². The molecule has 1 aromatic carbocycles. The summed E-state index contributed by atoms with van der Waals surface area (Å²) < 4.78 is 18.2. The molecule has 0 radical (unpaired) electrons. The van der Waals surface area contributed by atoms with Crippen molar-refractivity contribution in [2.75, 3.05) is 13.7 Å². The standard InChI is InChI=1S/C11H13Cl2FO/c1-15-7-8(12)5-6-9-10(13)3-2-4-11(9)14/h2-4,8H,5-7H2,1H3. The van der Waals surface area contributed by atoms with Crippen LogP contribution in [-0.4, -0.2) is 19.1 Å². The number of halogens is 3. The number of hydrogen-bond donors (Lipinski definition) is 0. The summed E-state index contributed by atoms with van der Waals surface area (Å²) in [6.45, 7) is 0.466. The van der Waals surface area contributed by atoms with Gasteiger partial charge in [-0.1, -0.05) is 17.7 Å². The molecule has 4 heteroatoms. The highest BCUT2D eigenvalue weighted by molar-refractivity contribution is 6.31. The first-order valence-corrected chi connectivity index (χ1v) is 5.52. The molecule has 0 aliphatic carbocycles. The van der Waals surface area contributed by atoms with Crippen LogP contribution < -0.4 is 0 Å². The van der Waals surface area contributed by atoms with Gasteiger partial charge in [0.25, 0.3) is 0 Å². The Morgan fingerprint density at radius 2 is 2.20 bits per heavy atom. The predicted octanol–water partition coefficient (Wildman–Crippen LogP) is 3.67. The monoisotopic (exact) mass is 250 g/mol. The second kappa shape index (κ2) is 6.31. The van der Waals surface area contributed by atoms with E-state index in [2.05, 4.69) is 0 Å². The molecule has 0 saturated heterocycles. The lowest BCUT2D eigenvalue weighted by Gasteiger charge is -2.09. The van der Waals surface area contributed by atoms with Crippen molar-refractivity contribution >= 4 is 23.2 Å². The van der Waals surface area contributed by atoms with E-state index in [4.69, 9.17) is 27.9 Å². The lowest BCUT2D eigenvalue weighted by Crippen LogP contribution is -2.09. The van der Waals surface area contributed by atoms with E-state index in [1.165, 1.54) is 6.07 Å². The molecule has 0 saturated carbocycles. The van der Waals surface area contributed by atoms with Gasteiger partial charge >= 0.3 is 0 Å². The minimum atomic E-state index is -0.274. The second-order valence-corrected chi connectivity index (χ2v) is 4.32. The van der Waals surface area contributed by atoms with Gasteiger partial charge in [-0.2, -0.15) is 0 Å². The van der Waals surface area contributed by atoms with Gasteiger partial charge in [0, 0.05) is 17.7 Å². The summed E-state index contributed by atoms with van der Waals surface area (Å²) in [6, 6.07) is 4.68. The maximum atomic E-state index is 13.3. The maximum absolute atomic E-state index is 13.3. The van der Waals surface area contributed by atoms with Crippen molar-refractivity contribution in [1.82, 2.24) is 0 Å². The van der Waals surface area contributed by atoms with Crippen LogP contribution in [0.5, 0.6) is 0 Å². The number of ether oxygens (including phenoxy) is 1. The quantitative estimate of drug-likeness (QED) is 0.725. The SMILES string of the molecule is COCC(Cl)CCc1c(F)cccc1Cl. The summed E-state index contributed by atoms with van der Waals surface area (Å²) in [7, 11) is 1.59. The lowest BCUT2D eigenvalue weighted by atomic mass is 10.1. The molecule has 0 fully saturated rings. The smallest absolute Gasteiger partial charge is 0.127 e. The van der Waals surface area contributed by atoms with Crippen LogP contribution in [0.1, 0.15) is 12.0 Å². The molecule has 1 unspecified atom stereocenters. The van der Waals surface area contributed by atoms with Crippen LogP contribution in [0.25, 0.3) is 0 Å². The minimum Gasteiger partial charge on any atom is -0.383 e. The molecular weight excluding hydrogens is 238 g/mol. The van der Waals surface area contributed by atoms with E-state index in [1.807, 2.05) is 0 Å². The third-order valence-electron chi connectivity index (χ3n) is 2.12. The van der Waals surface area contributed by atoms with Gasteiger partial charge in [-0.3, -0.25) is 0 Å². The molecule has 0 amide bonds. The topological polar surface area (TPSA) is 9.23 Å². The van der Waals surface area contributed by atoms with Crippen LogP contribution in [0.3, 0.4) is 0 Å². The predicted molar refractivity (Wildman–Crippen MR) is 61.2 cm³/mol. The fourth-order valence-electron chi connectivity index (χ4n) is 1.34. The van der Waals surface area contributed by atoms with Gasteiger partial charge < -0.3 is 4.74 Å². The average molecular weight is 251 g/mol. The van der Waals surface area contributed by atoms with E-state index in [1.54, 1.807) is 19.2 Å².